The van der Waals surface area contributed by atoms with E-state index in [0.717, 1.165) is 25.9 Å². The normalized spacial score (nSPS) is 15.5. The zero-order valence-corrected chi connectivity index (χ0v) is 14.6. The Labute approximate surface area is 155 Å². The molecule has 1 fully saturated rings. The van der Waals surface area contributed by atoms with Crippen molar-refractivity contribution >= 4 is 23.0 Å². The van der Waals surface area contributed by atoms with Crippen LogP contribution in [0.1, 0.15) is 23.2 Å². The summed E-state index contributed by atoms with van der Waals surface area (Å²) >= 11 is 0. The first-order valence-corrected chi connectivity index (χ1v) is 8.86. The molecule has 0 aliphatic carbocycles. The quantitative estimate of drug-likeness (QED) is 0.657. The van der Waals surface area contributed by atoms with Gasteiger partial charge in [-0.25, -0.2) is 0 Å². The van der Waals surface area contributed by atoms with E-state index in [1.54, 1.807) is 30.3 Å². The lowest BCUT2D eigenvalue weighted by Crippen LogP contribution is -2.20. The van der Waals surface area contributed by atoms with Gasteiger partial charge in [0.15, 0.2) is 11.5 Å². The van der Waals surface area contributed by atoms with E-state index in [9.17, 15) is 14.9 Å². The van der Waals surface area contributed by atoms with E-state index < -0.39 is 10.8 Å². The Bertz CT molecular complexity index is 893. The molecule has 0 atom stereocenters. The minimum Gasteiger partial charge on any atom is -0.486 e. The third-order valence-electron chi connectivity index (χ3n) is 4.68. The van der Waals surface area contributed by atoms with Crippen LogP contribution in [0.2, 0.25) is 0 Å². The topological polar surface area (TPSA) is 93.9 Å². The molecule has 2 heterocycles. The fourth-order valence-electron chi connectivity index (χ4n) is 3.36. The minimum absolute atomic E-state index is 0.0493. The number of nitro groups is 1. The Kier molecular flexibility index (Phi) is 4.53. The molecule has 0 aromatic heterocycles. The van der Waals surface area contributed by atoms with Gasteiger partial charge in [-0.3, -0.25) is 14.9 Å². The van der Waals surface area contributed by atoms with Gasteiger partial charge in [-0.1, -0.05) is 0 Å². The molecule has 1 saturated heterocycles. The fourth-order valence-corrected chi connectivity index (χ4v) is 3.36. The molecular formula is C19H19N3O5. The van der Waals surface area contributed by atoms with E-state index in [4.69, 9.17) is 9.47 Å². The summed E-state index contributed by atoms with van der Waals surface area (Å²) in [5.41, 5.74) is 1.29. The summed E-state index contributed by atoms with van der Waals surface area (Å²) in [5, 5.41) is 14.2. The van der Waals surface area contributed by atoms with Crippen molar-refractivity contribution in [2.45, 2.75) is 12.8 Å². The number of nitro benzene ring substituents is 1. The molecule has 1 amide bonds. The molecule has 1 N–H and O–H groups in total. The predicted octanol–water partition coefficient (Wildman–Crippen LogP) is 3.22. The van der Waals surface area contributed by atoms with E-state index in [1.807, 2.05) is 4.90 Å². The molecule has 0 unspecified atom stereocenters. The number of rotatable bonds is 4. The molecule has 2 aliphatic heterocycles. The highest BCUT2D eigenvalue weighted by atomic mass is 16.6. The maximum absolute atomic E-state index is 12.6. The van der Waals surface area contributed by atoms with Crippen molar-refractivity contribution in [3.05, 3.63) is 52.1 Å². The molecular weight excluding hydrogens is 350 g/mol. The van der Waals surface area contributed by atoms with Crippen LogP contribution in [0.3, 0.4) is 0 Å². The number of ether oxygens (including phenoxy) is 2. The molecule has 0 bridgehead atoms. The van der Waals surface area contributed by atoms with Crippen LogP contribution in [-0.4, -0.2) is 37.1 Å². The average Bonchev–Trinajstić information content (AvgIpc) is 3.22. The summed E-state index contributed by atoms with van der Waals surface area (Å²) in [6.45, 7) is 2.54. The number of benzene rings is 2. The van der Waals surface area contributed by atoms with Gasteiger partial charge in [0.1, 0.15) is 18.9 Å². The lowest BCUT2D eigenvalue weighted by atomic mass is 10.1. The van der Waals surface area contributed by atoms with Gasteiger partial charge in [-0.2, -0.15) is 0 Å². The summed E-state index contributed by atoms with van der Waals surface area (Å²) in [4.78, 5) is 25.6. The number of anilines is 2. The Hall–Kier alpha value is -3.29. The monoisotopic (exact) mass is 369 g/mol. The lowest BCUT2D eigenvalue weighted by molar-refractivity contribution is -0.384. The smallest absolute Gasteiger partial charge is 0.293 e. The molecule has 0 spiro atoms. The second-order valence-corrected chi connectivity index (χ2v) is 6.47. The number of amides is 1. The standard InChI is InChI=1S/C19H19N3O5/c23-19(20-14-4-6-17-18(12-14)27-10-9-26-17)13-3-5-15(16(11-13)22(24)25)21-7-1-2-8-21/h3-6,11-12H,1-2,7-10H2,(H,20,23). The number of hydrogen-bond acceptors (Lipinski definition) is 6. The van der Waals surface area contributed by atoms with Crippen LogP contribution in [0, 0.1) is 10.1 Å². The van der Waals surface area contributed by atoms with E-state index in [1.165, 1.54) is 6.07 Å². The minimum atomic E-state index is -0.436. The van der Waals surface area contributed by atoms with Crippen molar-refractivity contribution in [3.63, 3.8) is 0 Å². The average molecular weight is 369 g/mol. The Morgan fingerprint density at radius 2 is 1.78 bits per heavy atom. The van der Waals surface area contributed by atoms with Crippen molar-refractivity contribution in [1.82, 2.24) is 0 Å². The van der Waals surface area contributed by atoms with E-state index >= 15 is 0 Å². The van der Waals surface area contributed by atoms with Crippen LogP contribution in [0.25, 0.3) is 0 Å². The van der Waals surface area contributed by atoms with Crippen LogP contribution in [-0.2, 0) is 0 Å². The van der Waals surface area contributed by atoms with Gasteiger partial charge in [0, 0.05) is 36.5 Å². The summed E-state index contributed by atoms with van der Waals surface area (Å²) in [6.07, 6.45) is 2.03. The van der Waals surface area contributed by atoms with Crippen molar-refractivity contribution in [1.29, 1.82) is 0 Å². The predicted molar refractivity (Wildman–Crippen MR) is 99.9 cm³/mol. The van der Waals surface area contributed by atoms with Crippen LogP contribution < -0.4 is 19.7 Å². The van der Waals surface area contributed by atoms with Gasteiger partial charge in [-0.15, -0.1) is 0 Å². The first kappa shape index (κ1) is 17.1. The second kappa shape index (κ2) is 7.14. The van der Waals surface area contributed by atoms with Crippen LogP contribution in [0.5, 0.6) is 11.5 Å². The van der Waals surface area contributed by atoms with Crippen molar-refractivity contribution in [2.24, 2.45) is 0 Å². The van der Waals surface area contributed by atoms with Crippen LogP contribution >= 0.6 is 0 Å². The zero-order valence-electron chi connectivity index (χ0n) is 14.6. The molecule has 8 heteroatoms. The highest BCUT2D eigenvalue weighted by Crippen LogP contribution is 2.34. The number of carbonyl (C=O) groups is 1. The lowest BCUT2D eigenvalue weighted by Gasteiger charge is -2.19. The number of fused-ring (bicyclic) bond motifs is 1. The SMILES string of the molecule is O=C(Nc1ccc2c(c1)OCCO2)c1ccc(N2CCCC2)c([N+](=O)[O-])c1. The molecule has 2 aliphatic rings. The Morgan fingerprint density at radius 1 is 1.04 bits per heavy atom. The second-order valence-electron chi connectivity index (χ2n) is 6.47. The molecule has 4 rings (SSSR count). The van der Waals surface area contributed by atoms with Gasteiger partial charge < -0.3 is 19.7 Å². The summed E-state index contributed by atoms with van der Waals surface area (Å²) in [6, 6.07) is 9.72. The molecule has 0 radical (unpaired) electrons. The molecule has 27 heavy (non-hydrogen) atoms. The zero-order chi connectivity index (χ0) is 18.8. The van der Waals surface area contributed by atoms with Crippen molar-refractivity contribution in [3.8, 4) is 11.5 Å². The van der Waals surface area contributed by atoms with Gasteiger partial charge in [0.2, 0.25) is 0 Å². The van der Waals surface area contributed by atoms with E-state index in [2.05, 4.69) is 5.32 Å². The molecule has 140 valence electrons. The third kappa shape index (κ3) is 3.51. The van der Waals surface area contributed by atoms with Crippen LogP contribution in [0.4, 0.5) is 17.1 Å². The molecule has 0 saturated carbocycles. The molecule has 2 aromatic rings. The molecule has 8 nitrogen and oxygen atoms in total. The van der Waals surface area contributed by atoms with Crippen LogP contribution in [0.15, 0.2) is 36.4 Å². The number of nitrogens with zero attached hydrogens (tertiary/aromatic N) is 2. The highest BCUT2D eigenvalue weighted by molar-refractivity contribution is 6.05. The van der Waals surface area contributed by atoms with E-state index in [0.29, 0.717) is 36.1 Å². The Balaban J connectivity index is 1.56. The van der Waals surface area contributed by atoms with Gasteiger partial charge in [-0.05, 0) is 37.1 Å². The maximum Gasteiger partial charge on any atom is 0.293 e. The number of hydrogen-bond donors (Lipinski definition) is 1. The number of nitrogens with one attached hydrogen (secondary N) is 1. The van der Waals surface area contributed by atoms with Gasteiger partial charge in [0.05, 0.1) is 4.92 Å². The number of carbonyl (C=O) groups excluding carboxylic acids is 1. The van der Waals surface area contributed by atoms with Gasteiger partial charge in [0.25, 0.3) is 11.6 Å². The van der Waals surface area contributed by atoms with Gasteiger partial charge >= 0.3 is 0 Å². The van der Waals surface area contributed by atoms with E-state index in [-0.39, 0.29) is 11.3 Å². The first-order valence-electron chi connectivity index (χ1n) is 8.86. The summed E-state index contributed by atoms with van der Waals surface area (Å²) in [5.74, 6) is 0.780. The van der Waals surface area contributed by atoms with Crippen molar-refractivity contribution in [2.75, 3.05) is 36.5 Å². The Morgan fingerprint density at radius 3 is 2.52 bits per heavy atom. The first-order chi connectivity index (χ1) is 13.1. The summed E-state index contributed by atoms with van der Waals surface area (Å²) in [7, 11) is 0. The maximum atomic E-state index is 12.6. The summed E-state index contributed by atoms with van der Waals surface area (Å²) < 4.78 is 11.0. The van der Waals surface area contributed by atoms with Crippen molar-refractivity contribution < 1.29 is 19.2 Å². The third-order valence-corrected chi connectivity index (χ3v) is 4.68. The molecule has 2 aromatic carbocycles. The fraction of sp³-hybridized carbons (Fsp3) is 0.316. The largest absolute Gasteiger partial charge is 0.486 e. The highest BCUT2D eigenvalue weighted by Gasteiger charge is 2.24.